The van der Waals surface area contributed by atoms with E-state index in [2.05, 4.69) is 9.62 Å². The Kier molecular flexibility index (Phi) is 5.43. The van der Waals surface area contributed by atoms with E-state index in [-0.39, 0.29) is 6.04 Å². The molecule has 0 atom stereocenters. The molecule has 0 bridgehead atoms. The number of ether oxygens (including phenoxy) is 3. The lowest BCUT2D eigenvalue weighted by atomic mass is 10.1. The Morgan fingerprint density at radius 3 is 2.65 bits per heavy atom. The first kappa shape index (κ1) is 20.1. The van der Waals surface area contributed by atoms with Gasteiger partial charge in [0.25, 0.3) is 0 Å². The third kappa shape index (κ3) is 4.19. The predicted molar refractivity (Wildman–Crippen MR) is 117 cm³/mol. The number of sulfonamides is 1. The van der Waals surface area contributed by atoms with Crippen molar-refractivity contribution < 1.29 is 22.6 Å². The molecule has 0 radical (unpaired) electrons. The second-order valence-corrected chi connectivity index (χ2v) is 9.37. The molecule has 2 heterocycles. The first-order valence-electron chi connectivity index (χ1n) is 10.3. The molecule has 2 aliphatic heterocycles. The Morgan fingerprint density at radius 2 is 1.74 bits per heavy atom. The van der Waals surface area contributed by atoms with Crippen LogP contribution in [0.5, 0.6) is 17.2 Å². The topological polar surface area (TPSA) is 77.1 Å². The summed E-state index contributed by atoms with van der Waals surface area (Å²) in [6, 6.07) is 18.4. The Balaban J connectivity index is 1.14. The smallest absolute Gasteiger partial charge is 0.241 e. The maximum atomic E-state index is 12.9. The van der Waals surface area contributed by atoms with Crippen LogP contribution in [0.1, 0.15) is 0 Å². The average molecular weight is 441 g/mol. The van der Waals surface area contributed by atoms with E-state index in [1.165, 1.54) is 0 Å². The third-order valence-corrected chi connectivity index (χ3v) is 7.09. The first-order valence-corrected chi connectivity index (χ1v) is 11.8. The lowest BCUT2D eigenvalue weighted by molar-refractivity contribution is 0.112. The summed E-state index contributed by atoms with van der Waals surface area (Å²) in [5, 5.41) is 1.65. The predicted octanol–water partition coefficient (Wildman–Crippen LogP) is 2.65. The second-order valence-electron chi connectivity index (χ2n) is 7.68. The molecule has 1 N–H and O–H groups in total. The van der Waals surface area contributed by atoms with Crippen molar-refractivity contribution in [2.75, 3.05) is 39.5 Å². The van der Waals surface area contributed by atoms with Crippen LogP contribution in [0, 0.1) is 0 Å². The summed E-state index contributed by atoms with van der Waals surface area (Å²) in [7, 11) is -3.58. The van der Waals surface area contributed by atoms with E-state index >= 15 is 0 Å². The van der Waals surface area contributed by atoms with Crippen LogP contribution >= 0.6 is 0 Å². The molecule has 1 saturated heterocycles. The summed E-state index contributed by atoms with van der Waals surface area (Å²) in [4.78, 5) is 2.48. The summed E-state index contributed by atoms with van der Waals surface area (Å²) < 4.78 is 45.8. The first-order chi connectivity index (χ1) is 15.1. The molecule has 1 fully saturated rings. The third-order valence-electron chi connectivity index (χ3n) is 5.51. The van der Waals surface area contributed by atoms with E-state index in [1.54, 1.807) is 12.1 Å². The van der Waals surface area contributed by atoms with Crippen molar-refractivity contribution in [2.24, 2.45) is 0 Å². The quantitative estimate of drug-likeness (QED) is 0.609. The zero-order valence-corrected chi connectivity index (χ0v) is 17.8. The van der Waals surface area contributed by atoms with Gasteiger partial charge in [0.05, 0.1) is 4.90 Å². The number of likely N-dealkylation sites (tertiary alicyclic amines) is 1. The fourth-order valence-electron chi connectivity index (χ4n) is 3.99. The summed E-state index contributed by atoms with van der Waals surface area (Å²) in [6.07, 6.45) is 0. The Hall–Kier alpha value is -2.81. The zero-order valence-electron chi connectivity index (χ0n) is 17.0. The number of nitrogens with one attached hydrogen (secondary N) is 1. The highest BCUT2D eigenvalue weighted by atomic mass is 32.2. The van der Waals surface area contributed by atoms with E-state index in [4.69, 9.17) is 14.2 Å². The fraction of sp³-hybridized carbons (Fsp3) is 0.304. The molecule has 0 spiro atoms. The minimum absolute atomic E-state index is 0.106. The molecule has 3 aromatic carbocycles. The van der Waals surface area contributed by atoms with Gasteiger partial charge in [-0.25, -0.2) is 13.1 Å². The highest BCUT2D eigenvalue weighted by Crippen LogP contribution is 2.38. The molecule has 2 aliphatic rings. The van der Waals surface area contributed by atoms with Gasteiger partial charge in [-0.05, 0) is 23.6 Å². The Morgan fingerprint density at radius 1 is 0.968 bits per heavy atom. The van der Waals surface area contributed by atoms with Gasteiger partial charge < -0.3 is 14.2 Å². The van der Waals surface area contributed by atoms with Gasteiger partial charge in [-0.3, -0.25) is 4.90 Å². The van der Waals surface area contributed by atoms with E-state index in [9.17, 15) is 8.42 Å². The molecule has 0 amide bonds. The van der Waals surface area contributed by atoms with Crippen molar-refractivity contribution in [3.05, 3.63) is 60.7 Å². The molecule has 7 nitrogen and oxygen atoms in total. The summed E-state index contributed by atoms with van der Waals surface area (Å²) in [6.45, 7) is 3.55. The van der Waals surface area contributed by atoms with E-state index in [0.717, 1.165) is 10.8 Å². The minimum atomic E-state index is -3.58. The van der Waals surface area contributed by atoms with Gasteiger partial charge in [0.1, 0.15) is 19.8 Å². The molecule has 3 aromatic rings. The maximum Gasteiger partial charge on any atom is 0.241 e. The molecule has 0 aromatic heterocycles. The van der Waals surface area contributed by atoms with Crippen LogP contribution in [0.25, 0.3) is 10.8 Å². The van der Waals surface area contributed by atoms with Crippen LogP contribution in [-0.2, 0) is 10.0 Å². The number of fused-ring (bicyclic) bond motifs is 2. The molecule has 8 heteroatoms. The van der Waals surface area contributed by atoms with Crippen molar-refractivity contribution in [3.63, 3.8) is 0 Å². The van der Waals surface area contributed by atoms with Crippen molar-refractivity contribution in [2.45, 2.75) is 10.9 Å². The number of hydrogen-bond acceptors (Lipinski definition) is 6. The van der Waals surface area contributed by atoms with Crippen LogP contribution in [0.2, 0.25) is 0 Å². The molecule has 162 valence electrons. The van der Waals surface area contributed by atoms with Crippen LogP contribution in [0.3, 0.4) is 0 Å². The standard InChI is InChI=1S/C23H24N2O5S/c26-31(27,22-10-3-6-17-5-1-2-7-19(17)22)24-18-15-25(16-18)11-12-28-20-8-4-9-21-23(20)30-14-13-29-21/h1-10,18,24H,11-16H2. The number of benzene rings is 3. The fourth-order valence-corrected chi connectivity index (χ4v) is 5.43. The van der Waals surface area contributed by atoms with Crippen molar-refractivity contribution in [3.8, 4) is 17.2 Å². The maximum absolute atomic E-state index is 12.9. The summed E-state index contributed by atoms with van der Waals surface area (Å²) >= 11 is 0. The summed E-state index contributed by atoms with van der Waals surface area (Å²) in [5.41, 5.74) is 0. The van der Waals surface area contributed by atoms with E-state index in [1.807, 2.05) is 48.5 Å². The second kappa shape index (κ2) is 8.37. The number of hydrogen-bond donors (Lipinski definition) is 1. The normalized spacial score (nSPS) is 16.8. The Bertz CT molecular complexity index is 1190. The Labute approximate surface area is 181 Å². The number of para-hydroxylation sites is 1. The van der Waals surface area contributed by atoms with Crippen LogP contribution in [-0.4, -0.2) is 58.8 Å². The van der Waals surface area contributed by atoms with Gasteiger partial charge in [0.2, 0.25) is 15.8 Å². The minimum Gasteiger partial charge on any atom is -0.488 e. The van der Waals surface area contributed by atoms with Crippen LogP contribution in [0.4, 0.5) is 0 Å². The van der Waals surface area contributed by atoms with E-state index in [0.29, 0.717) is 61.6 Å². The van der Waals surface area contributed by atoms with Gasteiger partial charge >= 0.3 is 0 Å². The van der Waals surface area contributed by atoms with Gasteiger partial charge in [-0.2, -0.15) is 0 Å². The number of nitrogens with zero attached hydrogens (tertiary/aromatic N) is 1. The molecule has 0 aliphatic carbocycles. The van der Waals surface area contributed by atoms with Gasteiger partial charge in [0, 0.05) is 31.1 Å². The van der Waals surface area contributed by atoms with Gasteiger partial charge in [-0.1, -0.05) is 42.5 Å². The molecule has 31 heavy (non-hydrogen) atoms. The van der Waals surface area contributed by atoms with Crippen molar-refractivity contribution >= 4 is 20.8 Å². The highest BCUT2D eigenvalue weighted by Gasteiger charge is 2.31. The van der Waals surface area contributed by atoms with Crippen LogP contribution < -0.4 is 18.9 Å². The average Bonchev–Trinajstić information content (AvgIpc) is 2.77. The monoisotopic (exact) mass is 440 g/mol. The molecule has 0 saturated carbocycles. The number of rotatable bonds is 7. The highest BCUT2D eigenvalue weighted by molar-refractivity contribution is 7.89. The molecule has 0 unspecified atom stereocenters. The molecule has 5 rings (SSSR count). The SMILES string of the molecule is O=S(=O)(NC1CN(CCOc2cccc3c2OCCO3)C1)c1cccc2ccccc12. The zero-order chi connectivity index (χ0) is 21.3. The van der Waals surface area contributed by atoms with E-state index < -0.39 is 10.0 Å². The van der Waals surface area contributed by atoms with Gasteiger partial charge in [0.15, 0.2) is 11.5 Å². The lowest BCUT2D eigenvalue weighted by Crippen LogP contribution is -2.59. The largest absolute Gasteiger partial charge is 0.488 e. The molecular weight excluding hydrogens is 416 g/mol. The molecular formula is C23H24N2O5S. The summed E-state index contributed by atoms with van der Waals surface area (Å²) in [5.74, 6) is 2.03. The van der Waals surface area contributed by atoms with Crippen LogP contribution in [0.15, 0.2) is 65.6 Å². The van der Waals surface area contributed by atoms with Crippen molar-refractivity contribution in [1.82, 2.24) is 9.62 Å². The lowest BCUT2D eigenvalue weighted by Gasteiger charge is -2.39. The van der Waals surface area contributed by atoms with Gasteiger partial charge in [-0.15, -0.1) is 0 Å². The van der Waals surface area contributed by atoms with Crippen molar-refractivity contribution in [1.29, 1.82) is 0 Å².